The second kappa shape index (κ2) is 8.46. The quantitative estimate of drug-likeness (QED) is 0.332. The molecular formula is C21H15BrF2N8O2S. The molecule has 3 N–H and O–H groups in total. The lowest BCUT2D eigenvalue weighted by Crippen LogP contribution is -2.17. The van der Waals surface area contributed by atoms with Crippen molar-refractivity contribution in [2.24, 2.45) is 12.8 Å². The summed E-state index contributed by atoms with van der Waals surface area (Å²) in [7, 11) is 1.71. The zero-order valence-electron chi connectivity index (χ0n) is 18.1. The summed E-state index contributed by atoms with van der Waals surface area (Å²) in [5.41, 5.74) is 7.18. The number of aryl methyl sites for hydroxylation is 1. The lowest BCUT2D eigenvalue weighted by Gasteiger charge is -2.10. The second-order valence-electron chi connectivity index (χ2n) is 7.52. The smallest absolute Gasteiger partial charge is 0.280 e. The fourth-order valence-corrected chi connectivity index (χ4v) is 5.23. The number of hydrogen-bond donors (Lipinski definition) is 2. The van der Waals surface area contributed by atoms with Crippen molar-refractivity contribution in [1.82, 2.24) is 29.4 Å². The number of nitrogens with one attached hydrogen (secondary N) is 1. The highest BCUT2D eigenvalue weighted by Gasteiger charge is 2.28. The number of alkyl halides is 2. The Hall–Kier alpha value is -3.78. The predicted octanol–water partition coefficient (Wildman–Crippen LogP) is 4.10. The van der Waals surface area contributed by atoms with Crippen molar-refractivity contribution in [1.29, 1.82) is 0 Å². The van der Waals surface area contributed by atoms with Crippen LogP contribution in [0.3, 0.4) is 0 Å². The molecule has 5 rings (SSSR count). The Bertz CT molecular complexity index is 1660. The SMILES string of the molecule is Cc1c(-c2cc(C(F)F)nc3sc(C(N)=O)c(NC(=O)c4nn5cccnc5c4Br)c23)cnn1C. The van der Waals surface area contributed by atoms with E-state index in [4.69, 9.17) is 5.73 Å². The summed E-state index contributed by atoms with van der Waals surface area (Å²) < 4.78 is 30.7. The van der Waals surface area contributed by atoms with Crippen LogP contribution < -0.4 is 11.1 Å². The van der Waals surface area contributed by atoms with E-state index in [-0.39, 0.29) is 21.1 Å². The number of primary amides is 1. The zero-order chi connectivity index (χ0) is 25.0. The van der Waals surface area contributed by atoms with Crippen LogP contribution in [0.5, 0.6) is 0 Å². The minimum atomic E-state index is -2.85. The van der Waals surface area contributed by atoms with E-state index in [2.05, 4.69) is 41.4 Å². The van der Waals surface area contributed by atoms with E-state index in [1.165, 1.54) is 16.8 Å². The Morgan fingerprint density at radius 2 is 2.06 bits per heavy atom. The molecule has 0 aliphatic rings. The van der Waals surface area contributed by atoms with Crippen LogP contribution in [0.4, 0.5) is 14.5 Å². The number of anilines is 1. The summed E-state index contributed by atoms with van der Waals surface area (Å²) in [6.07, 6.45) is 1.85. The van der Waals surface area contributed by atoms with Crippen LogP contribution in [0, 0.1) is 6.92 Å². The summed E-state index contributed by atoms with van der Waals surface area (Å²) in [5.74, 6) is -1.50. The number of aromatic nitrogens is 6. The summed E-state index contributed by atoms with van der Waals surface area (Å²) >= 11 is 4.16. The van der Waals surface area contributed by atoms with Gasteiger partial charge in [-0.15, -0.1) is 11.3 Å². The number of fused-ring (bicyclic) bond motifs is 2. The number of amides is 2. The molecule has 0 fully saturated rings. The summed E-state index contributed by atoms with van der Waals surface area (Å²) in [6, 6.07) is 2.88. The van der Waals surface area contributed by atoms with Crippen molar-refractivity contribution in [3.05, 3.63) is 57.2 Å². The summed E-state index contributed by atoms with van der Waals surface area (Å²) in [5, 5.41) is 11.4. The molecule has 0 atom stereocenters. The molecule has 0 saturated heterocycles. The molecule has 0 bridgehead atoms. The molecule has 0 aliphatic heterocycles. The van der Waals surface area contributed by atoms with E-state index in [0.717, 1.165) is 11.3 Å². The Morgan fingerprint density at radius 1 is 1.29 bits per heavy atom. The molecule has 0 radical (unpaired) electrons. The van der Waals surface area contributed by atoms with Crippen molar-refractivity contribution in [3.63, 3.8) is 0 Å². The summed E-state index contributed by atoms with van der Waals surface area (Å²) in [6.45, 7) is 1.77. The Morgan fingerprint density at radius 3 is 2.69 bits per heavy atom. The van der Waals surface area contributed by atoms with Crippen LogP contribution in [0.1, 0.15) is 38.0 Å². The summed E-state index contributed by atoms with van der Waals surface area (Å²) in [4.78, 5) is 33.9. The van der Waals surface area contributed by atoms with Crippen LogP contribution in [0.25, 0.3) is 27.0 Å². The number of carbonyl (C=O) groups excluding carboxylic acids is 2. The monoisotopic (exact) mass is 560 g/mol. The third kappa shape index (κ3) is 3.74. The molecule has 2 amide bonds. The number of pyridine rings is 1. The maximum atomic E-state index is 13.7. The van der Waals surface area contributed by atoms with Crippen molar-refractivity contribution in [2.45, 2.75) is 13.3 Å². The molecule has 5 aromatic rings. The predicted molar refractivity (Wildman–Crippen MR) is 129 cm³/mol. The van der Waals surface area contributed by atoms with Gasteiger partial charge < -0.3 is 11.1 Å². The Kier molecular flexibility index (Phi) is 5.56. The molecule has 14 heteroatoms. The van der Waals surface area contributed by atoms with Gasteiger partial charge in [0.05, 0.1) is 16.4 Å². The van der Waals surface area contributed by atoms with Crippen LogP contribution >= 0.6 is 27.3 Å². The third-order valence-corrected chi connectivity index (χ3v) is 7.28. The van der Waals surface area contributed by atoms with Crippen LogP contribution in [-0.2, 0) is 7.05 Å². The first kappa shape index (κ1) is 23.0. The Balaban J connectivity index is 1.74. The fraction of sp³-hybridized carbons (Fsp3) is 0.143. The maximum absolute atomic E-state index is 13.7. The van der Waals surface area contributed by atoms with Gasteiger partial charge in [-0.05, 0) is 40.5 Å². The van der Waals surface area contributed by atoms with Crippen molar-refractivity contribution >= 4 is 60.6 Å². The minimum absolute atomic E-state index is 0.00902. The highest BCUT2D eigenvalue weighted by Crippen LogP contribution is 2.43. The van der Waals surface area contributed by atoms with Crippen LogP contribution in [0.2, 0.25) is 0 Å². The van der Waals surface area contributed by atoms with Crippen molar-refractivity contribution < 1.29 is 18.4 Å². The molecule has 0 aromatic carbocycles. The first-order valence-corrected chi connectivity index (χ1v) is 11.6. The Labute approximate surface area is 207 Å². The lowest BCUT2D eigenvalue weighted by molar-refractivity contribution is 0.100. The van der Waals surface area contributed by atoms with Gasteiger partial charge in [-0.1, -0.05) is 0 Å². The first-order chi connectivity index (χ1) is 16.7. The van der Waals surface area contributed by atoms with Gasteiger partial charge >= 0.3 is 0 Å². The number of hydrogen-bond acceptors (Lipinski definition) is 7. The maximum Gasteiger partial charge on any atom is 0.280 e. The van der Waals surface area contributed by atoms with Crippen molar-refractivity contribution in [2.75, 3.05) is 5.32 Å². The number of rotatable bonds is 5. The average molecular weight is 561 g/mol. The van der Waals surface area contributed by atoms with Gasteiger partial charge in [0.25, 0.3) is 18.2 Å². The highest BCUT2D eigenvalue weighted by atomic mass is 79.9. The molecule has 0 aliphatic carbocycles. The van der Waals surface area contributed by atoms with E-state index in [0.29, 0.717) is 32.3 Å². The second-order valence-corrected chi connectivity index (χ2v) is 9.31. The lowest BCUT2D eigenvalue weighted by atomic mass is 10.0. The molecule has 0 unspecified atom stereocenters. The number of halogens is 3. The van der Waals surface area contributed by atoms with E-state index in [1.54, 1.807) is 37.1 Å². The van der Waals surface area contributed by atoms with Gasteiger partial charge in [0.2, 0.25) is 0 Å². The fourth-order valence-electron chi connectivity index (χ4n) is 3.67. The van der Waals surface area contributed by atoms with Gasteiger partial charge in [0.15, 0.2) is 11.3 Å². The zero-order valence-corrected chi connectivity index (χ0v) is 20.5. The van der Waals surface area contributed by atoms with E-state index >= 15 is 0 Å². The molecule has 5 heterocycles. The molecule has 178 valence electrons. The molecule has 35 heavy (non-hydrogen) atoms. The standard InChI is InChI=1S/C21H15BrF2N8O2S/c1-8-10(7-27-31(8)2)9-6-11(17(23)24)28-21-12(9)14(16(35-21)18(25)33)29-20(34)15-13(22)19-26-4-3-5-32(19)30-15/h3-7,17H,1-2H3,(H2,25,33)(H,29,34). The van der Waals surface area contributed by atoms with Crippen molar-refractivity contribution in [3.8, 4) is 11.1 Å². The normalized spacial score (nSPS) is 11.6. The van der Waals surface area contributed by atoms with Crippen LogP contribution in [0.15, 0.2) is 35.2 Å². The van der Waals surface area contributed by atoms with E-state index in [1.807, 2.05) is 0 Å². The number of carbonyl (C=O) groups is 2. The van der Waals surface area contributed by atoms with E-state index < -0.39 is 23.9 Å². The van der Waals surface area contributed by atoms with Gasteiger partial charge in [-0.3, -0.25) is 14.3 Å². The third-order valence-electron chi connectivity index (χ3n) is 5.45. The molecule has 10 nitrogen and oxygen atoms in total. The largest absolute Gasteiger partial charge is 0.365 e. The molecule has 5 aromatic heterocycles. The average Bonchev–Trinajstić information content (AvgIpc) is 3.47. The minimum Gasteiger partial charge on any atom is -0.365 e. The molecular weight excluding hydrogens is 546 g/mol. The van der Waals surface area contributed by atoms with Gasteiger partial charge in [-0.2, -0.15) is 10.2 Å². The first-order valence-electron chi connectivity index (χ1n) is 10.0. The highest BCUT2D eigenvalue weighted by molar-refractivity contribution is 9.10. The van der Waals surface area contributed by atoms with Gasteiger partial charge in [-0.25, -0.2) is 23.3 Å². The molecule has 0 spiro atoms. The number of thiophene rings is 1. The van der Waals surface area contributed by atoms with Crippen LogP contribution in [-0.4, -0.2) is 41.2 Å². The number of nitrogens with zero attached hydrogens (tertiary/aromatic N) is 6. The molecule has 0 saturated carbocycles. The van der Waals surface area contributed by atoms with Gasteiger partial charge in [0.1, 0.15) is 15.4 Å². The van der Waals surface area contributed by atoms with E-state index in [9.17, 15) is 18.4 Å². The topological polar surface area (TPSA) is 133 Å². The number of nitrogens with two attached hydrogens (primary N) is 1. The van der Waals surface area contributed by atoms with Gasteiger partial charge in [0, 0.05) is 36.1 Å².